The lowest BCUT2D eigenvalue weighted by molar-refractivity contribution is -0.150. The molecular weight excluding hydrogens is 496 g/mol. The van der Waals surface area contributed by atoms with E-state index in [9.17, 15) is 19.2 Å². The molecular formula is C30H48N4O5. The molecule has 0 bridgehead atoms. The third-order valence-electron chi connectivity index (χ3n) is 7.17. The Kier molecular flexibility index (Phi) is 11.0. The predicted molar refractivity (Wildman–Crippen MR) is 152 cm³/mol. The first-order valence-electron chi connectivity index (χ1n) is 14.0. The molecule has 0 aromatic heterocycles. The molecule has 39 heavy (non-hydrogen) atoms. The van der Waals surface area contributed by atoms with Gasteiger partial charge in [-0.25, -0.2) is 4.79 Å². The van der Waals surface area contributed by atoms with E-state index in [-0.39, 0.29) is 11.9 Å². The Morgan fingerprint density at radius 1 is 1.00 bits per heavy atom. The van der Waals surface area contributed by atoms with E-state index in [4.69, 9.17) is 10.5 Å². The van der Waals surface area contributed by atoms with Gasteiger partial charge >= 0.3 is 6.09 Å². The molecule has 1 aliphatic rings. The number of carbonyl (C=O) groups excluding carboxylic acids is 4. The summed E-state index contributed by atoms with van der Waals surface area (Å²) in [6, 6.07) is 3.57. The lowest BCUT2D eigenvalue weighted by Gasteiger charge is -2.45. The molecule has 1 saturated carbocycles. The Balaban J connectivity index is 2.62. The minimum atomic E-state index is -1.31. The summed E-state index contributed by atoms with van der Waals surface area (Å²) in [7, 11) is 0. The van der Waals surface area contributed by atoms with Crippen LogP contribution < -0.4 is 16.4 Å². The van der Waals surface area contributed by atoms with Gasteiger partial charge in [0.1, 0.15) is 17.7 Å². The predicted octanol–water partition coefficient (Wildman–Crippen LogP) is 4.58. The summed E-state index contributed by atoms with van der Waals surface area (Å²) < 4.78 is 5.36. The standard InChI is InChI=1S/C30H48N4O5/c1-9-30(7,8)34(27(37)23(18-24(31)35)33-28(38)39-29(4,5)6)25(21-16-19(2)15-20(3)17-21)26(36)32-22-13-11-10-12-14-22/h15-17,22-23,25H,9-14,18H2,1-8H3,(H2,31,35)(H,32,36)(H,33,38). The van der Waals surface area contributed by atoms with Gasteiger partial charge in [0.05, 0.1) is 6.42 Å². The van der Waals surface area contributed by atoms with E-state index in [0.29, 0.717) is 12.0 Å². The Bertz CT molecular complexity index is 1020. The Hall–Kier alpha value is -3.10. The molecule has 1 fully saturated rings. The van der Waals surface area contributed by atoms with Crippen molar-refractivity contribution in [3.05, 3.63) is 34.9 Å². The summed E-state index contributed by atoms with van der Waals surface area (Å²) in [5.74, 6) is -1.61. The van der Waals surface area contributed by atoms with Gasteiger partial charge in [-0.1, -0.05) is 55.5 Å². The van der Waals surface area contributed by atoms with E-state index in [1.165, 1.54) is 4.90 Å². The van der Waals surface area contributed by atoms with Gasteiger partial charge in [-0.2, -0.15) is 0 Å². The van der Waals surface area contributed by atoms with Crippen molar-refractivity contribution in [3.8, 4) is 0 Å². The second kappa shape index (κ2) is 13.3. The first kappa shape index (κ1) is 32.1. The number of alkyl carbamates (subject to hydrolysis) is 1. The Morgan fingerprint density at radius 3 is 2.05 bits per heavy atom. The molecule has 218 valence electrons. The number of hydrogen-bond donors (Lipinski definition) is 3. The third kappa shape index (κ3) is 9.55. The smallest absolute Gasteiger partial charge is 0.408 e. The monoisotopic (exact) mass is 544 g/mol. The molecule has 9 heteroatoms. The highest BCUT2D eigenvalue weighted by Gasteiger charge is 2.44. The molecule has 2 rings (SSSR count). The summed E-state index contributed by atoms with van der Waals surface area (Å²) in [4.78, 5) is 54.7. The SMILES string of the molecule is CCC(C)(C)N(C(=O)C(CC(N)=O)NC(=O)OC(C)(C)C)C(C(=O)NC1CCCCC1)c1cc(C)cc(C)c1. The van der Waals surface area contributed by atoms with Crippen molar-refractivity contribution >= 4 is 23.8 Å². The molecule has 0 spiro atoms. The molecule has 4 amide bonds. The Morgan fingerprint density at radius 2 is 1.56 bits per heavy atom. The van der Waals surface area contributed by atoms with Crippen LogP contribution in [-0.4, -0.2) is 51.9 Å². The maximum Gasteiger partial charge on any atom is 0.408 e. The van der Waals surface area contributed by atoms with Crippen LogP contribution in [0.25, 0.3) is 0 Å². The zero-order chi connectivity index (χ0) is 29.5. The summed E-state index contributed by atoms with van der Waals surface area (Å²) >= 11 is 0. The topological polar surface area (TPSA) is 131 Å². The number of benzene rings is 1. The van der Waals surface area contributed by atoms with E-state index in [0.717, 1.165) is 43.2 Å². The second-order valence-corrected chi connectivity index (χ2v) is 12.4. The van der Waals surface area contributed by atoms with Crippen molar-refractivity contribution < 1.29 is 23.9 Å². The number of rotatable bonds is 10. The van der Waals surface area contributed by atoms with Gasteiger partial charge in [-0.15, -0.1) is 0 Å². The van der Waals surface area contributed by atoms with Crippen molar-refractivity contribution in [3.63, 3.8) is 0 Å². The molecule has 2 atom stereocenters. The second-order valence-electron chi connectivity index (χ2n) is 12.4. The van der Waals surface area contributed by atoms with Crippen LogP contribution in [0.4, 0.5) is 4.79 Å². The highest BCUT2D eigenvalue weighted by Crippen LogP contribution is 2.34. The fourth-order valence-electron chi connectivity index (χ4n) is 5.08. The highest BCUT2D eigenvalue weighted by molar-refractivity contribution is 5.95. The van der Waals surface area contributed by atoms with Crippen LogP contribution in [0.1, 0.15) is 109 Å². The molecule has 0 aliphatic heterocycles. The lowest BCUT2D eigenvalue weighted by Crippen LogP contribution is -2.60. The molecule has 1 aromatic carbocycles. The van der Waals surface area contributed by atoms with Crippen molar-refractivity contribution in [2.45, 2.75) is 130 Å². The van der Waals surface area contributed by atoms with Gasteiger partial charge in [-0.05, 0) is 73.3 Å². The molecule has 9 nitrogen and oxygen atoms in total. The fourth-order valence-corrected chi connectivity index (χ4v) is 5.08. The summed E-state index contributed by atoms with van der Waals surface area (Å²) in [5, 5.41) is 5.75. The van der Waals surface area contributed by atoms with Crippen molar-refractivity contribution in [1.82, 2.24) is 15.5 Å². The minimum Gasteiger partial charge on any atom is -0.444 e. The first-order chi connectivity index (χ1) is 18.0. The number of hydrogen-bond acceptors (Lipinski definition) is 5. The Labute approximate surface area is 233 Å². The van der Waals surface area contributed by atoms with Gasteiger partial charge in [0.2, 0.25) is 17.7 Å². The number of nitrogens with two attached hydrogens (primary N) is 1. The maximum atomic E-state index is 14.3. The molecule has 0 heterocycles. The van der Waals surface area contributed by atoms with Crippen LogP contribution >= 0.6 is 0 Å². The van der Waals surface area contributed by atoms with Crippen LogP contribution in [-0.2, 0) is 19.1 Å². The van der Waals surface area contributed by atoms with Crippen molar-refractivity contribution in [2.24, 2.45) is 5.73 Å². The quantitative estimate of drug-likeness (QED) is 0.397. The average Bonchev–Trinajstić information content (AvgIpc) is 2.79. The van der Waals surface area contributed by atoms with E-state index < -0.39 is 47.6 Å². The lowest BCUT2D eigenvalue weighted by atomic mass is 9.89. The molecule has 2 unspecified atom stereocenters. The van der Waals surface area contributed by atoms with Gasteiger partial charge in [0.15, 0.2) is 0 Å². The average molecular weight is 545 g/mol. The van der Waals surface area contributed by atoms with Crippen LogP contribution in [0.5, 0.6) is 0 Å². The molecule has 1 aromatic rings. The van der Waals surface area contributed by atoms with Crippen LogP contribution in [0, 0.1) is 13.8 Å². The summed E-state index contributed by atoms with van der Waals surface area (Å²) in [6.45, 7) is 14.7. The van der Waals surface area contributed by atoms with Crippen LogP contribution in [0.3, 0.4) is 0 Å². The van der Waals surface area contributed by atoms with Crippen molar-refractivity contribution in [1.29, 1.82) is 0 Å². The first-order valence-corrected chi connectivity index (χ1v) is 14.0. The zero-order valence-corrected chi connectivity index (χ0v) is 25.0. The van der Waals surface area contributed by atoms with E-state index in [2.05, 4.69) is 10.6 Å². The fraction of sp³-hybridized carbons (Fsp3) is 0.667. The number of nitrogens with one attached hydrogen (secondary N) is 2. The maximum absolute atomic E-state index is 14.3. The van der Waals surface area contributed by atoms with E-state index >= 15 is 0 Å². The number of aryl methyl sites for hydroxylation is 2. The number of nitrogens with zero attached hydrogens (tertiary/aromatic N) is 1. The highest BCUT2D eigenvalue weighted by atomic mass is 16.6. The minimum absolute atomic E-state index is 0.0302. The summed E-state index contributed by atoms with van der Waals surface area (Å²) in [5.41, 5.74) is 6.48. The van der Waals surface area contributed by atoms with Gasteiger partial charge in [-0.3, -0.25) is 14.4 Å². The van der Waals surface area contributed by atoms with Crippen molar-refractivity contribution in [2.75, 3.05) is 0 Å². The molecule has 1 aliphatic carbocycles. The number of ether oxygens (including phenoxy) is 1. The zero-order valence-electron chi connectivity index (χ0n) is 25.0. The van der Waals surface area contributed by atoms with E-state index in [1.807, 2.05) is 52.8 Å². The molecule has 4 N–H and O–H groups in total. The van der Waals surface area contributed by atoms with Gasteiger partial charge in [0.25, 0.3) is 0 Å². The molecule has 0 saturated heterocycles. The van der Waals surface area contributed by atoms with Gasteiger partial charge < -0.3 is 26.0 Å². The number of carbonyl (C=O) groups is 4. The molecule has 0 radical (unpaired) electrons. The van der Waals surface area contributed by atoms with Crippen LogP contribution in [0.2, 0.25) is 0 Å². The normalized spacial score (nSPS) is 16.1. The number of amides is 4. The van der Waals surface area contributed by atoms with Gasteiger partial charge in [0, 0.05) is 11.6 Å². The van der Waals surface area contributed by atoms with Crippen LogP contribution in [0.15, 0.2) is 18.2 Å². The summed E-state index contributed by atoms with van der Waals surface area (Å²) in [6.07, 6.45) is 4.26. The third-order valence-corrected chi connectivity index (χ3v) is 7.17. The van der Waals surface area contributed by atoms with E-state index in [1.54, 1.807) is 20.8 Å². The number of primary amides is 1. The largest absolute Gasteiger partial charge is 0.444 e.